The van der Waals surface area contributed by atoms with Crippen LogP contribution in [0.4, 0.5) is 0 Å². The highest BCUT2D eigenvalue weighted by molar-refractivity contribution is 5.80. The van der Waals surface area contributed by atoms with Gasteiger partial charge in [0.25, 0.3) is 0 Å². The second kappa shape index (κ2) is 8.57. The van der Waals surface area contributed by atoms with E-state index in [9.17, 15) is 5.11 Å². The van der Waals surface area contributed by atoms with Gasteiger partial charge in [-0.15, -0.1) is 0 Å². The Kier molecular flexibility index (Phi) is 5.79. The third-order valence-electron chi connectivity index (χ3n) is 11.6. The van der Waals surface area contributed by atoms with Gasteiger partial charge in [-0.1, -0.05) is 38.8 Å². The van der Waals surface area contributed by atoms with Crippen LogP contribution in [-0.2, 0) is 6.42 Å². The Morgan fingerprint density at radius 3 is 2.74 bits per heavy atom. The number of hydrogen-bond donors (Lipinski definition) is 1. The van der Waals surface area contributed by atoms with Gasteiger partial charge in [0.1, 0.15) is 5.82 Å². The summed E-state index contributed by atoms with van der Waals surface area (Å²) >= 11 is 0. The summed E-state index contributed by atoms with van der Waals surface area (Å²) in [5.74, 6) is 4.60. The van der Waals surface area contributed by atoms with Crippen LogP contribution in [-0.4, -0.2) is 21.2 Å². The molecule has 0 aliphatic heterocycles. The third kappa shape index (κ3) is 3.55. The van der Waals surface area contributed by atoms with E-state index in [1.807, 2.05) is 6.20 Å². The van der Waals surface area contributed by atoms with E-state index in [0.29, 0.717) is 16.7 Å². The number of aliphatic hydroxyl groups excluding tert-OH is 1. The molecule has 0 amide bonds. The average Bonchev–Trinajstić information content (AvgIpc) is 3.16. The fourth-order valence-electron chi connectivity index (χ4n) is 9.70. The van der Waals surface area contributed by atoms with Crippen LogP contribution < -0.4 is 0 Å². The Hall–Kier alpha value is -1.48. The molecule has 4 aliphatic carbocycles. The summed E-state index contributed by atoms with van der Waals surface area (Å²) < 4.78 is 0. The molecule has 4 aliphatic rings. The van der Waals surface area contributed by atoms with Gasteiger partial charge in [0.05, 0.1) is 11.6 Å². The van der Waals surface area contributed by atoms with E-state index in [4.69, 9.17) is 9.97 Å². The summed E-state index contributed by atoms with van der Waals surface area (Å²) in [5, 5.41) is 12.6. The maximum Gasteiger partial charge on any atom is 0.128 e. The van der Waals surface area contributed by atoms with Crippen molar-refractivity contribution < 1.29 is 5.11 Å². The van der Waals surface area contributed by atoms with Gasteiger partial charge in [0.2, 0.25) is 0 Å². The number of hydrogen-bond acceptors (Lipinski definition) is 3. The average molecular weight is 461 g/mol. The molecule has 3 nitrogen and oxygen atoms in total. The molecule has 4 saturated carbocycles. The minimum Gasteiger partial charge on any atom is -0.393 e. The smallest absolute Gasteiger partial charge is 0.128 e. The molecule has 1 N–H and O–H groups in total. The molecule has 8 atom stereocenters. The van der Waals surface area contributed by atoms with Crippen LogP contribution in [0.3, 0.4) is 0 Å². The van der Waals surface area contributed by atoms with Gasteiger partial charge < -0.3 is 5.11 Å². The van der Waals surface area contributed by atoms with Gasteiger partial charge in [-0.3, -0.25) is 0 Å². The van der Waals surface area contributed by atoms with Crippen LogP contribution in [0.25, 0.3) is 10.9 Å². The van der Waals surface area contributed by atoms with Gasteiger partial charge in [-0.25, -0.2) is 9.97 Å². The van der Waals surface area contributed by atoms with E-state index >= 15 is 0 Å². The van der Waals surface area contributed by atoms with Crippen molar-refractivity contribution >= 4 is 10.9 Å². The first-order valence-corrected chi connectivity index (χ1v) is 14.3. The van der Waals surface area contributed by atoms with Gasteiger partial charge in [-0.2, -0.15) is 0 Å². The predicted molar refractivity (Wildman–Crippen MR) is 138 cm³/mol. The lowest BCUT2D eigenvalue weighted by Gasteiger charge is -2.62. The second-order valence-electron chi connectivity index (χ2n) is 13.0. The third-order valence-corrected chi connectivity index (χ3v) is 11.6. The van der Waals surface area contributed by atoms with Crippen molar-refractivity contribution in [2.24, 2.45) is 40.4 Å². The molecule has 3 heteroatoms. The Morgan fingerprint density at radius 1 is 1.00 bits per heavy atom. The molecule has 2 aromatic rings. The fourth-order valence-corrected chi connectivity index (χ4v) is 9.70. The summed E-state index contributed by atoms with van der Waals surface area (Å²) in [6.45, 7) is 7.35. The number of fused-ring (bicyclic) bond motifs is 6. The maximum absolute atomic E-state index is 11.4. The zero-order valence-electron chi connectivity index (χ0n) is 21.6. The van der Waals surface area contributed by atoms with Crippen molar-refractivity contribution in [3.8, 4) is 0 Å². The quantitative estimate of drug-likeness (QED) is 0.521. The van der Waals surface area contributed by atoms with E-state index in [1.54, 1.807) is 0 Å². The second-order valence-corrected chi connectivity index (χ2v) is 13.0. The molecule has 8 unspecified atom stereocenters. The van der Waals surface area contributed by atoms with Crippen molar-refractivity contribution in [3.63, 3.8) is 0 Å². The molecule has 0 bridgehead atoms. The molecule has 0 spiro atoms. The Bertz CT molecular complexity index is 1050. The highest BCUT2D eigenvalue weighted by Crippen LogP contribution is 2.67. The Balaban J connectivity index is 1.14. The number of nitrogens with zero attached hydrogens (tertiary/aromatic N) is 2. The highest BCUT2D eigenvalue weighted by atomic mass is 16.3. The zero-order valence-corrected chi connectivity index (χ0v) is 21.6. The van der Waals surface area contributed by atoms with E-state index in [1.165, 1.54) is 75.2 Å². The number of rotatable bonds is 4. The van der Waals surface area contributed by atoms with Gasteiger partial charge in [0.15, 0.2) is 0 Å². The molecule has 1 aromatic carbocycles. The molecule has 34 heavy (non-hydrogen) atoms. The number of aromatic nitrogens is 2. The summed E-state index contributed by atoms with van der Waals surface area (Å²) in [6, 6.07) is 6.34. The molecule has 6 rings (SSSR count). The summed E-state index contributed by atoms with van der Waals surface area (Å²) in [4.78, 5) is 9.56. The van der Waals surface area contributed by atoms with Crippen LogP contribution in [0.15, 0.2) is 24.4 Å². The molecule has 0 saturated heterocycles. The van der Waals surface area contributed by atoms with Crippen LogP contribution in [0, 0.1) is 47.3 Å². The molecular formula is C31H44N2O. The number of benzene rings is 1. The van der Waals surface area contributed by atoms with Crippen LogP contribution in [0.5, 0.6) is 0 Å². The topological polar surface area (TPSA) is 46.0 Å². The lowest BCUT2D eigenvalue weighted by atomic mass is 9.44. The van der Waals surface area contributed by atoms with Crippen LogP contribution >= 0.6 is 0 Å². The molecule has 184 valence electrons. The minimum atomic E-state index is -0.0565. The van der Waals surface area contributed by atoms with Crippen molar-refractivity contribution in [3.05, 3.63) is 35.8 Å². The molecular weight excluding hydrogens is 416 g/mol. The standard InChI is InChI=1S/C31H44N2O/c1-20-8-6-11-26-23(20)19-32-28(33-26)12-7-10-21-13-14-24-29-25(15-17-31(21,24)3)30(2)16-5-4-9-22(30)18-27(29)34/h6,8,11,19,21-22,24-25,27,29,34H,4-5,7,9-10,12-18H2,1-3H3. The van der Waals surface area contributed by atoms with Gasteiger partial charge in [-0.05, 0) is 117 Å². The van der Waals surface area contributed by atoms with Gasteiger partial charge >= 0.3 is 0 Å². The lowest BCUT2D eigenvalue weighted by molar-refractivity contribution is -0.162. The van der Waals surface area contributed by atoms with E-state index < -0.39 is 0 Å². The highest BCUT2D eigenvalue weighted by Gasteiger charge is 2.61. The summed E-state index contributed by atoms with van der Waals surface area (Å²) in [7, 11) is 0. The first kappa shape index (κ1) is 23.0. The fraction of sp³-hybridized carbons (Fsp3) is 0.742. The minimum absolute atomic E-state index is 0.0565. The number of aryl methyl sites for hydroxylation is 2. The van der Waals surface area contributed by atoms with Crippen LogP contribution in [0.1, 0.15) is 95.9 Å². The maximum atomic E-state index is 11.4. The summed E-state index contributed by atoms with van der Waals surface area (Å²) in [6.07, 6.45) is 17.5. The Labute approximate surface area is 206 Å². The monoisotopic (exact) mass is 460 g/mol. The molecule has 4 fully saturated rings. The normalized spacial score (nSPS) is 41.6. The number of aliphatic hydroxyl groups is 1. The molecule has 0 radical (unpaired) electrons. The van der Waals surface area contributed by atoms with E-state index in [-0.39, 0.29) is 6.10 Å². The SMILES string of the molecule is Cc1cccc2nc(CCCC3CCC4C5C(O)CC6CCCCC6(C)C5CCC34C)ncc12. The zero-order chi connectivity index (χ0) is 23.5. The van der Waals surface area contributed by atoms with Gasteiger partial charge in [0, 0.05) is 18.0 Å². The largest absolute Gasteiger partial charge is 0.393 e. The predicted octanol–water partition coefficient (Wildman–Crippen LogP) is 7.28. The van der Waals surface area contributed by atoms with Crippen molar-refractivity contribution in [1.82, 2.24) is 9.97 Å². The lowest BCUT2D eigenvalue weighted by Crippen LogP contribution is -2.57. The van der Waals surface area contributed by atoms with Crippen LogP contribution in [0.2, 0.25) is 0 Å². The van der Waals surface area contributed by atoms with E-state index in [0.717, 1.165) is 47.9 Å². The first-order valence-electron chi connectivity index (χ1n) is 14.3. The van der Waals surface area contributed by atoms with E-state index in [2.05, 4.69) is 39.0 Å². The first-order chi connectivity index (χ1) is 16.4. The summed E-state index contributed by atoms with van der Waals surface area (Å²) in [5.41, 5.74) is 3.24. The molecule has 1 aromatic heterocycles. The van der Waals surface area contributed by atoms with Crippen molar-refractivity contribution in [1.29, 1.82) is 0 Å². The van der Waals surface area contributed by atoms with Crippen molar-refractivity contribution in [2.45, 2.75) is 104 Å². The van der Waals surface area contributed by atoms with Crippen molar-refractivity contribution in [2.75, 3.05) is 0 Å². The Morgan fingerprint density at radius 2 is 1.85 bits per heavy atom. The molecule has 1 heterocycles.